The van der Waals surface area contributed by atoms with E-state index in [4.69, 9.17) is 4.74 Å². The molecule has 2 heterocycles. The van der Waals surface area contributed by atoms with Crippen molar-refractivity contribution in [3.63, 3.8) is 0 Å². The summed E-state index contributed by atoms with van der Waals surface area (Å²) in [5.41, 5.74) is 2.04. The van der Waals surface area contributed by atoms with Crippen LogP contribution in [0.25, 0.3) is 0 Å². The first kappa shape index (κ1) is 18.0. The summed E-state index contributed by atoms with van der Waals surface area (Å²) in [5.74, 6) is -0.0721. The average Bonchev–Trinajstić information content (AvgIpc) is 3.09. The first-order valence-corrected chi connectivity index (χ1v) is 8.28. The fraction of sp³-hybridized carbons (Fsp3) is 0.588. The highest BCUT2D eigenvalue weighted by Gasteiger charge is 2.16. The summed E-state index contributed by atoms with van der Waals surface area (Å²) >= 11 is 0. The molecule has 1 aromatic carbocycles. The quantitative estimate of drug-likeness (QED) is 0.865. The van der Waals surface area contributed by atoms with Crippen LogP contribution in [0.2, 0.25) is 0 Å². The molecule has 3 rings (SSSR count). The maximum Gasteiger partial charge on any atom is 0.250 e. The molecule has 0 aromatic heterocycles. The van der Waals surface area contributed by atoms with E-state index < -0.39 is 0 Å². The molecule has 0 radical (unpaired) electrons. The minimum atomic E-state index is -0.0721. The SMILES string of the molecule is Cl.O=C(COC1CCNCC1)Nc1cccc(N2CCCC2)c1. The predicted molar refractivity (Wildman–Crippen MR) is 95.6 cm³/mol. The van der Waals surface area contributed by atoms with Crippen LogP contribution in [0.4, 0.5) is 11.4 Å². The van der Waals surface area contributed by atoms with Gasteiger partial charge < -0.3 is 20.3 Å². The number of ether oxygens (including phenoxy) is 1. The maximum atomic E-state index is 12.0. The highest BCUT2D eigenvalue weighted by Crippen LogP contribution is 2.23. The van der Waals surface area contributed by atoms with Gasteiger partial charge in [0, 0.05) is 24.5 Å². The highest BCUT2D eigenvalue weighted by atomic mass is 35.5. The van der Waals surface area contributed by atoms with E-state index in [1.54, 1.807) is 0 Å². The number of benzene rings is 1. The van der Waals surface area contributed by atoms with Gasteiger partial charge in [0.1, 0.15) is 6.61 Å². The molecule has 0 unspecified atom stereocenters. The lowest BCUT2D eigenvalue weighted by Gasteiger charge is -2.22. The van der Waals surface area contributed by atoms with E-state index in [0.717, 1.165) is 44.7 Å². The minimum Gasteiger partial charge on any atom is -0.371 e. The van der Waals surface area contributed by atoms with Gasteiger partial charge in [-0.3, -0.25) is 4.79 Å². The number of nitrogens with one attached hydrogen (secondary N) is 2. The summed E-state index contributed by atoms with van der Waals surface area (Å²) in [7, 11) is 0. The average molecular weight is 340 g/mol. The van der Waals surface area contributed by atoms with Crippen molar-refractivity contribution in [3.05, 3.63) is 24.3 Å². The number of hydrogen-bond donors (Lipinski definition) is 2. The summed E-state index contributed by atoms with van der Waals surface area (Å²) < 4.78 is 5.68. The van der Waals surface area contributed by atoms with Gasteiger partial charge in [-0.25, -0.2) is 0 Å². The van der Waals surface area contributed by atoms with Crippen LogP contribution >= 0.6 is 12.4 Å². The van der Waals surface area contributed by atoms with Crippen LogP contribution in [0.1, 0.15) is 25.7 Å². The third kappa shape index (κ3) is 5.37. The molecule has 0 saturated carbocycles. The number of piperidine rings is 1. The lowest BCUT2D eigenvalue weighted by molar-refractivity contribution is -0.123. The lowest BCUT2D eigenvalue weighted by atomic mass is 10.1. The summed E-state index contributed by atoms with van der Waals surface area (Å²) in [4.78, 5) is 14.4. The third-order valence-electron chi connectivity index (χ3n) is 4.34. The molecule has 0 aliphatic carbocycles. The van der Waals surface area contributed by atoms with Crippen molar-refractivity contribution in [1.29, 1.82) is 0 Å². The molecule has 2 N–H and O–H groups in total. The molecule has 2 aliphatic rings. The molecule has 1 amide bonds. The number of rotatable bonds is 5. The Morgan fingerprint density at radius 3 is 2.74 bits per heavy atom. The number of hydrogen-bond acceptors (Lipinski definition) is 4. The van der Waals surface area contributed by atoms with Crippen LogP contribution in [0, 0.1) is 0 Å². The van der Waals surface area contributed by atoms with Crippen molar-refractivity contribution in [2.45, 2.75) is 31.8 Å². The van der Waals surface area contributed by atoms with E-state index in [-0.39, 0.29) is 31.0 Å². The second-order valence-corrected chi connectivity index (χ2v) is 6.05. The van der Waals surface area contributed by atoms with E-state index in [2.05, 4.69) is 21.6 Å². The van der Waals surface area contributed by atoms with Crippen molar-refractivity contribution in [1.82, 2.24) is 5.32 Å². The molecule has 5 nitrogen and oxygen atoms in total. The molecule has 6 heteroatoms. The number of carbonyl (C=O) groups excluding carboxylic acids is 1. The predicted octanol–water partition coefficient (Wildman–Crippen LogP) is 2.42. The Hall–Kier alpha value is -1.30. The van der Waals surface area contributed by atoms with Gasteiger partial charge in [-0.15, -0.1) is 12.4 Å². The molecule has 2 aliphatic heterocycles. The van der Waals surface area contributed by atoms with Crippen LogP contribution < -0.4 is 15.5 Å². The molecular formula is C17H26ClN3O2. The number of anilines is 2. The van der Waals surface area contributed by atoms with Crippen molar-refractivity contribution < 1.29 is 9.53 Å². The molecular weight excluding hydrogens is 314 g/mol. The summed E-state index contributed by atoms with van der Waals surface area (Å²) in [6, 6.07) is 8.08. The summed E-state index contributed by atoms with van der Waals surface area (Å²) in [6.07, 6.45) is 4.68. The summed E-state index contributed by atoms with van der Waals surface area (Å²) in [5, 5.41) is 6.23. The van der Waals surface area contributed by atoms with Gasteiger partial charge in [-0.2, -0.15) is 0 Å². The van der Waals surface area contributed by atoms with E-state index in [1.165, 1.54) is 18.5 Å². The van der Waals surface area contributed by atoms with Gasteiger partial charge in [-0.1, -0.05) is 6.07 Å². The Balaban J connectivity index is 0.00000192. The summed E-state index contributed by atoms with van der Waals surface area (Å²) in [6.45, 7) is 4.30. The van der Waals surface area contributed by atoms with Gasteiger partial charge in [-0.05, 0) is 57.0 Å². The minimum absolute atomic E-state index is 0. The zero-order chi connectivity index (χ0) is 15.2. The maximum absolute atomic E-state index is 12.0. The first-order valence-electron chi connectivity index (χ1n) is 8.28. The van der Waals surface area contributed by atoms with Crippen molar-refractivity contribution >= 4 is 29.7 Å². The van der Waals surface area contributed by atoms with E-state index in [1.807, 2.05) is 18.2 Å². The van der Waals surface area contributed by atoms with Crippen molar-refractivity contribution in [2.75, 3.05) is 43.0 Å². The van der Waals surface area contributed by atoms with Crippen LogP contribution in [-0.2, 0) is 9.53 Å². The molecule has 1 aromatic rings. The molecule has 0 spiro atoms. The second kappa shape index (κ2) is 9.11. The van der Waals surface area contributed by atoms with Gasteiger partial charge in [0.25, 0.3) is 0 Å². The zero-order valence-corrected chi connectivity index (χ0v) is 14.2. The molecule has 0 atom stereocenters. The highest BCUT2D eigenvalue weighted by molar-refractivity contribution is 5.92. The molecule has 2 fully saturated rings. The normalized spacial score (nSPS) is 18.5. The fourth-order valence-electron chi connectivity index (χ4n) is 3.11. The van der Waals surface area contributed by atoms with Gasteiger partial charge in [0.05, 0.1) is 6.10 Å². The molecule has 2 saturated heterocycles. The number of halogens is 1. The standard InChI is InChI=1S/C17H25N3O2.ClH/c21-17(13-22-16-6-8-18-9-7-16)19-14-4-3-5-15(12-14)20-10-1-2-11-20;/h3-5,12,16,18H,1-2,6-11,13H2,(H,19,21);1H. The van der Waals surface area contributed by atoms with Gasteiger partial charge >= 0.3 is 0 Å². The largest absolute Gasteiger partial charge is 0.371 e. The second-order valence-electron chi connectivity index (χ2n) is 6.05. The Bertz CT molecular complexity index is 500. The van der Waals surface area contributed by atoms with Crippen LogP contribution in [-0.4, -0.2) is 44.8 Å². The van der Waals surface area contributed by atoms with Gasteiger partial charge in [0.15, 0.2) is 0 Å². The monoisotopic (exact) mass is 339 g/mol. The van der Waals surface area contributed by atoms with Crippen LogP contribution in [0.15, 0.2) is 24.3 Å². The molecule has 0 bridgehead atoms. The van der Waals surface area contributed by atoms with E-state index in [0.29, 0.717) is 0 Å². The van der Waals surface area contributed by atoms with E-state index in [9.17, 15) is 4.79 Å². The van der Waals surface area contributed by atoms with Gasteiger partial charge in [0.2, 0.25) is 5.91 Å². The van der Waals surface area contributed by atoms with E-state index >= 15 is 0 Å². The Kier molecular flexibility index (Phi) is 7.15. The van der Waals surface area contributed by atoms with Crippen LogP contribution in [0.3, 0.4) is 0 Å². The van der Waals surface area contributed by atoms with Crippen molar-refractivity contribution in [2.24, 2.45) is 0 Å². The smallest absolute Gasteiger partial charge is 0.250 e. The van der Waals surface area contributed by atoms with Crippen molar-refractivity contribution in [3.8, 4) is 0 Å². The van der Waals surface area contributed by atoms with Crippen LogP contribution in [0.5, 0.6) is 0 Å². The third-order valence-corrected chi connectivity index (χ3v) is 4.34. The Labute approximate surface area is 144 Å². The fourth-order valence-corrected chi connectivity index (χ4v) is 3.11. The first-order chi connectivity index (χ1) is 10.8. The topological polar surface area (TPSA) is 53.6 Å². The zero-order valence-electron chi connectivity index (χ0n) is 13.4. The number of nitrogens with zero attached hydrogens (tertiary/aromatic N) is 1. The molecule has 128 valence electrons. The Morgan fingerprint density at radius 1 is 1.26 bits per heavy atom. The molecule has 23 heavy (non-hydrogen) atoms. The Morgan fingerprint density at radius 2 is 2.00 bits per heavy atom. The lowest BCUT2D eigenvalue weighted by Crippen LogP contribution is -2.34. The number of carbonyl (C=O) groups is 1. The number of amides is 1.